The van der Waals surface area contributed by atoms with E-state index < -0.39 is 0 Å². The SMILES string of the molecule is CCCNC(CC1CCSCC1)C1CCC(C)CC1. The van der Waals surface area contributed by atoms with Crippen LogP contribution in [0.15, 0.2) is 0 Å². The fraction of sp³-hybridized carbons (Fsp3) is 1.00. The zero-order valence-electron chi connectivity index (χ0n) is 13.0. The van der Waals surface area contributed by atoms with Crippen molar-refractivity contribution in [3.05, 3.63) is 0 Å². The molecule has 0 radical (unpaired) electrons. The molecule has 0 amide bonds. The van der Waals surface area contributed by atoms with Gasteiger partial charge in [0.25, 0.3) is 0 Å². The van der Waals surface area contributed by atoms with Crippen molar-refractivity contribution in [2.75, 3.05) is 18.1 Å². The van der Waals surface area contributed by atoms with Crippen LogP contribution in [0, 0.1) is 17.8 Å². The first-order valence-corrected chi connectivity index (χ1v) is 9.76. The monoisotopic (exact) mass is 283 g/mol. The molecule has 0 aromatic carbocycles. The van der Waals surface area contributed by atoms with Crippen LogP contribution >= 0.6 is 11.8 Å². The third-order valence-electron chi connectivity index (χ3n) is 5.21. The molecule has 0 spiro atoms. The number of nitrogens with one attached hydrogen (secondary N) is 1. The topological polar surface area (TPSA) is 12.0 Å². The molecule has 0 aromatic rings. The highest BCUT2D eigenvalue weighted by molar-refractivity contribution is 7.99. The van der Waals surface area contributed by atoms with Gasteiger partial charge in [0.2, 0.25) is 0 Å². The van der Waals surface area contributed by atoms with Gasteiger partial charge in [0, 0.05) is 6.04 Å². The van der Waals surface area contributed by atoms with Crippen LogP contribution in [0.4, 0.5) is 0 Å². The molecule has 2 heteroatoms. The van der Waals surface area contributed by atoms with Gasteiger partial charge in [0.15, 0.2) is 0 Å². The molecule has 2 aliphatic rings. The van der Waals surface area contributed by atoms with Crippen molar-refractivity contribution in [3.63, 3.8) is 0 Å². The number of hydrogen-bond acceptors (Lipinski definition) is 2. The third kappa shape index (κ3) is 5.30. The van der Waals surface area contributed by atoms with Gasteiger partial charge in [-0.3, -0.25) is 0 Å². The van der Waals surface area contributed by atoms with Crippen molar-refractivity contribution >= 4 is 11.8 Å². The van der Waals surface area contributed by atoms with E-state index in [1.807, 2.05) is 0 Å². The Morgan fingerprint density at radius 3 is 2.37 bits per heavy atom. The van der Waals surface area contributed by atoms with Crippen LogP contribution in [0.3, 0.4) is 0 Å². The van der Waals surface area contributed by atoms with Crippen LogP contribution < -0.4 is 5.32 Å². The Labute approximate surface area is 124 Å². The van der Waals surface area contributed by atoms with Crippen LogP contribution in [-0.4, -0.2) is 24.1 Å². The molecule has 1 N–H and O–H groups in total. The van der Waals surface area contributed by atoms with E-state index in [1.54, 1.807) is 0 Å². The molecule has 1 atom stereocenters. The minimum atomic E-state index is 0.820. The van der Waals surface area contributed by atoms with Crippen molar-refractivity contribution < 1.29 is 0 Å². The molecule has 1 saturated carbocycles. The lowest BCUT2D eigenvalue weighted by Gasteiger charge is -2.36. The lowest BCUT2D eigenvalue weighted by molar-refractivity contribution is 0.202. The smallest absolute Gasteiger partial charge is 0.00979 e. The van der Waals surface area contributed by atoms with Crippen LogP contribution in [-0.2, 0) is 0 Å². The molecule has 1 aliphatic heterocycles. The molecule has 19 heavy (non-hydrogen) atoms. The first-order valence-electron chi connectivity index (χ1n) is 8.60. The van der Waals surface area contributed by atoms with Crippen LogP contribution in [0.2, 0.25) is 0 Å². The van der Waals surface area contributed by atoms with E-state index in [4.69, 9.17) is 0 Å². The zero-order chi connectivity index (χ0) is 13.5. The van der Waals surface area contributed by atoms with Crippen LogP contribution in [0.5, 0.6) is 0 Å². The van der Waals surface area contributed by atoms with Crippen molar-refractivity contribution in [2.24, 2.45) is 17.8 Å². The van der Waals surface area contributed by atoms with Gasteiger partial charge in [-0.25, -0.2) is 0 Å². The maximum absolute atomic E-state index is 3.89. The second-order valence-corrected chi connectivity index (χ2v) is 8.10. The standard InChI is InChI=1S/C17H33NS/c1-3-10-18-17(13-15-8-11-19-12-9-15)16-6-4-14(2)5-7-16/h14-18H,3-13H2,1-2H3. The normalized spacial score (nSPS) is 31.3. The Morgan fingerprint density at radius 2 is 1.74 bits per heavy atom. The molecule has 1 saturated heterocycles. The third-order valence-corrected chi connectivity index (χ3v) is 6.26. The Morgan fingerprint density at radius 1 is 1.05 bits per heavy atom. The van der Waals surface area contributed by atoms with E-state index in [-0.39, 0.29) is 0 Å². The van der Waals surface area contributed by atoms with E-state index in [2.05, 4.69) is 30.9 Å². The van der Waals surface area contributed by atoms with Crippen molar-refractivity contribution in [1.82, 2.24) is 5.32 Å². The van der Waals surface area contributed by atoms with Gasteiger partial charge in [-0.1, -0.05) is 26.7 Å². The summed E-state index contributed by atoms with van der Waals surface area (Å²) in [6.07, 6.45) is 11.6. The zero-order valence-corrected chi connectivity index (χ0v) is 13.8. The summed E-state index contributed by atoms with van der Waals surface area (Å²) in [5.41, 5.74) is 0. The summed E-state index contributed by atoms with van der Waals surface area (Å²) in [5, 5.41) is 3.89. The Bertz CT molecular complexity index is 229. The molecule has 1 nitrogen and oxygen atoms in total. The molecular weight excluding hydrogens is 250 g/mol. The molecule has 1 aliphatic carbocycles. The summed E-state index contributed by atoms with van der Waals surface area (Å²) >= 11 is 2.16. The quantitative estimate of drug-likeness (QED) is 0.757. The van der Waals surface area contributed by atoms with Gasteiger partial charge in [-0.15, -0.1) is 0 Å². The second-order valence-electron chi connectivity index (χ2n) is 6.87. The minimum Gasteiger partial charge on any atom is -0.314 e. The molecule has 2 rings (SSSR count). The summed E-state index contributed by atoms with van der Waals surface area (Å²) in [6, 6.07) is 0.820. The number of thioether (sulfide) groups is 1. The molecule has 1 unspecified atom stereocenters. The molecule has 0 bridgehead atoms. The highest BCUT2D eigenvalue weighted by Gasteiger charge is 2.28. The molecule has 0 aromatic heterocycles. The average Bonchev–Trinajstić information content (AvgIpc) is 2.45. The summed E-state index contributed by atoms with van der Waals surface area (Å²) in [5.74, 6) is 5.78. The van der Waals surface area contributed by atoms with Crippen molar-refractivity contribution in [3.8, 4) is 0 Å². The largest absolute Gasteiger partial charge is 0.314 e. The first-order chi connectivity index (χ1) is 9.29. The van der Waals surface area contributed by atoms with Crippen molar-refractivity contribution in [1.29, 1.82) is 0 Å². The molecule has 2 fully saturated rings. The van der Waals surface area contributed by atoms with E-state index in [0.29, 0.717) is 0 Å². The fourth-order valence-electron chi connectivity index (χ4n) is 3.80. The van der Waals surface area contributed by atoms with Crippen molar-refractivity contribution in [2.45, 2.75) is 71.3 Å². The molecule has 112 valence electrons. The predicted molar refractivity (Wildman–Crippen MR) is 87.9 cm³/mol. The Kier molecular flexibility index (Phi) is 7.07. The lowest BCUT2D eigenvalue weighted by Crippen LogP contribution is -2.40. The highest BCUT2D eigenvalue weighted by atomic mass is 32.2. The lowest BCUT2D eigenvalue weighted by atomic mass is 9.76. The van der Waals surface area contributed by atoms with Gasteiger partial charge in [0.1, 0.15) is 0 Å². The molecule has 1 heterocycles. The van der Waals surface area contributed by atoms with Crippen LogP contribution in [0.1, 0.15) is 65.2 Å². The minimum absolute atomic E-state index is 0.820. The first kappa shape index (κ1) is 15.7. The van der Waals surface area contributed by atoms with Gasteiger partial charge in [-0.2, -0.15) is 11.8 Å². The van der Waals surface area contributed by atoms with E-state index in [9.17, 15) is 0 Å². The number of hydrogen-bond donors (Lipinski definition) is 1. The van der Waals surface area contributed by atoms with Crippen LogP contribution in [0.25, 0.3) is 0 Å². The summed E-state index contributed by atoms with van der Waals surface area (Å²) < 4.78 is 0. The van der Waals surface area contributed by atoms with Gasteiger partial charge < -0.3 is 5.32 Å². The highest BCUT2D eigenvalue weighted by Crippen LogP contribution is 2.34. The summed E-state index contributed by atoms with van der Waals surface area (Å²) in [6.45, 7) is 5.95. The Hall–Kier alpha value is 0.310. The second kappa shape index (κ2) is 8.56. The molecular formula is C17H33NS. The van der Waals surface area contributed by atoms with Gasteiger partial charge in [-0.05, 0) is 74.3 Å². The fourth-order valence-corrected chi connectivity index (χ4v) is 5.01. The summed E-state index contributed by atoms with van der Waals surface area (Å²) in [4.78, 5) is 0. The summed E-state index contributed by atoms with van der Waals surface area (Å²) in [7, 11) is 0. The maximum Gasteiger partial charge on any atom is 0.00979 e. The van der Waals surface area contributed by atoms with E-state index >= 15 is 0 Å². The van der Waals surface area contributed by atoms with Gasteiger partial charge in [0.05, 0.1) is 0 Å². The number of rotatable bonds is 6. The van der Waals surface area contributed by atoms with E-state index in [0.717, 1.165) is 23.8 Å². The average molecular weight is 284 g/mol. The maximum atomic E-state index is 3.89. The Balaban J connectivity index is 1.83. The predicted octanol–water partition coefficient (Wildman–Crippen LogP) is 4.71. The van der Waals surface area contributed by atoms with E-state index in [1.165, 1.54) is 69.4 Å². The van der Waals surface area contributed by atoms with Gasteiger partial charge >= 0.3 is 0 Å².